The van der Waals surface area contributed by atoms with Gasteiger partial charge in [0.1, 0.15) is 11.4 Å². The molecule has 0 spiro atoms. The third-order valence-corrected chi connectivity index (χ3v) is 4.77. The lowest BCUT2D eigenvalue weighted by Crippen LogP contribution is -2.47. The topological polar surface area (TPSA) is 64.0 Å². The monoisotopic (exact) mass is 419 g/mol. The Bertz CT molecular complexity index is 1100. The first-order chi connectivity index (χ1) is 13.2. The van der Waals surface area contributed by atoms with E-state index in [1.54, 1.807) is 38.1 Å². The molecular formula is C20H16Cl2FN3O2. The normalized spacial score (nSPS) is 11.3. The maximum atomic E-state index is 13.2. The molecule has 0 unspecified atom stereocenters. The number of nitrogens with zero attached hydrogens (tertiary/aromatic N) is 2. The number of rotatable bonds is 4. The fraction of sp³-hybridized carbons (Fsp3) is 0.150. The molecule has 0 saturated carbocycles. The molecule has 1 amide bonds. The van der Waals surface area contributed by atoms with Crippen LogP contribution in [0.5, 0.6) is 0 Å². The first-order valence-electron chi connectivity index (χ1n) is 8.32. The predicted octanol–water partition coefficient (Wildman–Crippen LogP) is 4.73. The fourth-order valence-electron chi connectivity index (χ4n) is 2.55. The van der Waals surface area contributed by atoms with Gasteiger partial charge in [0.25, 0.3) is 11.5 Å². The van der Waals surface area contributed by atoms with Crippen LogP contribution in [0.15, 0.2) is 59.4 Å². The van der Waals surface area contributed by atoms with Crippen molar-refractivity contribution in [3.8, 4) is 11.3 Å². The van der Waals surface area contributed by atoms with Crippen molar-refractivity contribution in [1.82, 2.24) is 9.78 Å². The lowest BCUT2D eigenvalue weighted by Gasteiger charge is -2.25. The van der Waals surface area contributed by atoms with E-state index in [9.17, 15) is 14.0 Å². The Morgan fingerprint density at radius 3 is 2.43 bits per heavy atom. The van der Waals surface area contributed by atoms with E-state index in [0.717, 1.165) is 4.68 Å². The van der Waals surface area contributed by atoms with Crippen molar-refractivity contribution in [2.24, 2.45) is 0 Å². The molecule has 1 heterocycles. The highest BCUT2D eigenvalue weighted by Crippen LogP contribution is 2.27. The van der Waals surface area contributed by atoms with Crippen molar-refractivity contribution >= 4 is 34.8 Å². The molecule has 0 aliphatic rings. The predicted molar refractivity (Wildman–Crippen MR) is 108 cm³/mol. The maximum absolute atomic E-state index is 13.2. The zero-order valence-electron chi connectivity index (χ0n) is 15.0. The van der Waals surface area contributed by atoms with Crippen LogP contribution >= 0.6 is 23.2 Å². The third kappa shape index (κ3) is 4.08. The van der Waals surface area contributed by atoms with E-state index < -0.39 is 17.0 Å². The van der Waals surface area contributed by atoms with Crippen molar-refractivity contribution in [3.05, 3.63) is 80.8 Å². The third-order valence-electron chi connectivity index (χ3n) is 4.20. The van der Waals surface area contributed by atoms with Gasteiger partial charge in [0.15, 0.2) is 0 Å². The molecule has 0 atom stereocenters. The average Bonchev–Trinajstić information content (AvgIpc) is 2.65. The minimum Gasteiger partial charge on any atom is -0.323 e. The number of benzene rings is 2. The van der Waals surface area contributed by atoms with Crippen LogP contribution in [0.1, 0.15) is 13.8 Å². The molecular weight excluding hydrogens is 404 g/mol. The maximum Gasteiger partial charge on any atom is 0.267 e. The summed E-state index contributed by atoms with van der Waals surface area (Å²) in [5.74, 6) is -0.877. The van der Waals surface area contributed by atoms with Crippen molar-refractivity contribution in [3.63, 3.8) is 0 Å². The van der Waals surface area contributed by atoms with Gasteiger partial charge in [-0.1, -0.05) is 23.2 Å². The van der Waals surface area contributed by atoms with Gasteiger partial charge < -0.3 is 5.32 Å². The molecule has 0 aliphatic heterocycles. The fourth-order valence-corrected chi connectivity index (χ4v) is 2.89. The molecule has 1 N–H and O–H groups in total. The van der Waals surface area contributed by atoms with Gasteiger partial charge in [-0.2, -0.15) is 5.10 Å². The van der Waals surface area contributed by atoms with Crippen LogP contribution < -0.4 is 10.9 Å². The van der Waals surface area contributed by atoms with Gasteiger partial charge in [-0.05, 0) is 62.4 Å². The summed E-state index contributed by atoms with van der Waals surface area (Å²) < 4.78 is 14.2. The highest BCUT2D eigenvalue weighted by molar-refractivity contribution is 6.35. The lowest BCUT2D eigenvalue weighted by atomic mass is 10.0. The summed E-state index contributed by atoms with van der Waals surface area (Å²) in [4.78, 5) is 25.3. The molecule has 0 bridgehead atoms. The van der Waals surface area contributed by atoms with Crippen LogP contribution in [0.25, 0.3) is 11.3 Å². The Morgan fingerprint density at radius 1 is 1.07 bits per heavy atom. The van der Waals surface area contributed by atoms with Crippen molar-refractivity contribution in [2.75, 3.05) is 5.32 Å². The van der Waals surface area contributed by atoms with Crippen molar-refractivity contribution in [1.29, 1.82) is 0 Å². The summed E-state index contributed by atoms with van der Waals surface area (Å²) in [6.45, 7) is 3.12. The average molecular weight is 420 g/mol. The Kier molecular flexibility index (Phi) is 5.54. The molecule has 0 saturated heterocycles. The molecule has 3 aromatic rings. The highest BCUT2D eigenvalue weighted by Gasteiger charge is 2.32. The minimum absolute atomic E-state index is 0.314. The molecule has 1 aromatic heterocycles. The smallest absolute Gasteiger partial charge is 0.267 e. The van der Waals surface area contributed by atoms with Crippen LogP contribution in [0.4, 0.5) is 10.1 Å². The molecule has 5 nitrogen and oxygen atoms in total. The van der Waals surface area contributed by atoms with E-state index >= 15 is 0 Å². The summed E-state index contributed by atoms with van der Waals surface area (Å²) >= 11 is 12.0. The summed E-state index contributed by atoms with van der Waals surface area (Å²) in [7, 11) is 0. The van der Waals surface area contributed by atoms with Gasteiger partial charge in [-0.15, -0.1) is 0 Å². The number of carbonyl (C=O) groups is 1. The van der Waals surface area contributed by atoms with Gasteiger partial charge in [0, 0.05) is 16.7 Å². The van der Waals surface area contributed by atoms with E-state index in [2.05, 4.69) is 10.4 Å². The summed E-state index contributed by atoms with van der Waals surface area (Å²) in [5, 5.41) is 7.71. The summed E-state index contributed by atoms with van der Waals surface area (Å²) in [5.41, 5.74) is -0.414. The quantitative estimate of drug-likeness (QED) is 0.664. The van der Waals surface area contributed by atoms with E-state index in [1.165, 1.54) is 30.3 Å². The zero-order chi connectivity index (χ0) is 20.5. The number of anilines is 1. The molecule has 28 heavy (non-hydrogen) atoms. The van der Waals surface area contributed by atoms with Gasteiger partial charge in [-0.3, -0.25) is 9.59 Å². The molecule has 0 aliphatic carbocycles. The second-order valence-electron chi connectivity index (χ2n) is 6.61. The minimum atomic E-state index is -1.33. The van der Waals surface area contributed by atoms with Crippen LogP contribution in [0.2, 0.25) is 10.0 Å². The van der Waals surface area contributed by atoms with Gasteiger partial charge >= 0.3 is 0 Å². The SMILES string of the molecule is CC(C)(C(=O)Nc1cc(Cl)ccc1Cl)n1nc(-c2ccc(F)cc2)ccc1=O. The summed E-state index contributed by atoms with van der Waals surface area (Å²) in [6, 6.07) is 13.2. The standard InChI is InChI=1S/C20H16Cl2FN3O2/c1-20(2,19(28)24-17-11-13(21)5-8-15(17)22)26-18(27)10-9-16(25-26)12-3-6-14(23)7-4-12/h3-11H,1-2H3,(H,24,28). The largest absolute Gasteiger partial charge is 0.323 e. The number of carbonyl (C=O) groups excluding carboxylic acids is 1. The van der Waals surface area contributed by atoms with Gasteiger partial charge in [0.05, 0.1) is 16.4 Å². The second kappa shape index (κ2) is 7.73. The Balaban J connectivity index is 1.97. The first kappa shape index (κ1) is 20.0. The van der Waals surface area contributed by atoms with E-state index in [-0.39, 0.29) is 5.82 Å². The number of hydrogen-bond acceptors (Lipinski definition) is 3. The number of hydrogen-bond donors (Lipinski definition) is 1. The number of halogens is 3. The van der Waals surface area contributed by atoms with Crippen LogP contribution in [0, 0.1) is 5.82 Å². The van der Waals surface area contributed by atoms with Gasteiger partial charge in [0.2, 0.25) is 0 Å². The second-order valence-corrected chi connectivity index (χ2v) is 7.46. The van der Waals surface area contributed by atoms with E-state index in [1.807, 2.05) is 0 Å². The number of aromatic nitrogens is 2. The number of nitrogens with one attached hydrogen (secondary N) is 1. The summed E-state index contributed by atoms with van der Waals surface area (Å²) in [6.07, 6.45) is 0. The molecule has 0 fully saturated rings. The van der Waals surface area contributed by atoms with Crippen LogP contribution in [-0.2, 0) is 10.3 Å². The zero-order valence-corrected chi connectivity index (χ0v) is 16.6. The highest BCUT2D eigenvalue weighted by atomic mass is 35.5. The Morgan fingerprint density at radius 2 is 1.75 bits per heavy atom. The molecule has 0 radical (unpaired) electrons. The van der Waals surface area contributed by atoms with Gasteiger partial charge in [-0.25, -0.2) is 9.07 Å². The van der Waals surface area contributed by atoms with Crippen molar-refractivity contribution in [2.45, 2.75) is 19.4 Å². The molecule has 3 rings (SSSR count). The molecule has 144 valence electrons. The van der Waals surface area contributed by atoms with E-state index in [4.69, 9.17) is 23.2 Å². The molecule has 2 aromatic carbocycles. The molecule has 8 heteroatoms. The van der Waals surface area contributed by atoms with Crippen LogP contribution in [-0.4, -0.2) is 15.7 Å². The van der Waals surface area contributed by atoms with Crippen LogP contribution in [0.3, 0.4) is 0 Å². The van der Waals surface area contributed by atoms with Crippen molar-refractivity contribution < 1.29 is 9.18 Å². The first-order valence-corrected chi connectivity index (χ1v) is 9.07. The number of amides is 1. The Labute approximate surface area is 170 Å². The Hall–Kier alpha value is -2.70. The lowest BCUT2D eigenvalue weighted by molar-refractivity contribution is -0.123. The van der Waals surface area contributed by atoms with E-state index in [0.29, 0.717) is 27.0 Å².